The number of hydrogen-bond donors (Lipinski definition) is 1. The van der Waals surface area contributed by atoms with Gasteiger partial charge in [-0.25, -0.2) is 4.79 Å². The summed E-state index contributed by atoms with van der Waals surface area (Å²) in [6.45, 7) is 14.4. The highest BCUT2D eigenvalue weighted by Gasteiger charge is 2.54. The minimum atomic E-state index is -0.861. The van der Waals surface area contributed by atoms with E-state index in [4.69, 9.17) is 14.0 Å². The third kappa shape index (κ3) is 4.44. The first-order valence-electron chi connectivity index (χ1n) is 11.9. The topological polar surface area (TPSA) is 68.2 Å². The second-order valence-electron chi connectivity index (χ2n) is 11.6. The zero-order valence-corrected chi connectivity index (χ0v) is 20.6. The molecule has 4 rings (SSSR count). The molecule has 2 heterocycles. The SMILES string of the molecule is CC(c1ccc(B2OC(C)(C)C(C)(C)O2)cc1)N1CC[C@](CC(C)(C)O)(C2CC2)OC1=O. The average molecular weight is 443 g/mol. The highest BCUT2D eigenvalue weighted by atomic mass is 16.7. The Hall–Kier alpha value is -1.57. The van der Waals surface area contributed by atoms with Gasteiger partial charge in [-0.15, -0.1) is 0 Å². The van der Waals surface area contributed by atoms with Crippen LogP contribution in [-0.2, 0) is 14.0 Å². The van der Waals surface area contributed by atoms with Gasteiger partial charge in [0.25, 0.3) is 0 Å². The van der Waals surface area contributed by atoms with E-state index < -0.39 is 18.3 Å². The van der Waals surface area contributed by atoms with E-state index in [9.17, 15) is 9.90 Å². The fraction of sp³-hybridized carbons (Fsp3) is 0.720. The molecule has 2 atom stereocenters. The summed E-state index contributed by atoms with van der Waals surface area (Å²) in [6, 6.07) is 8.02. The van der Waals surface area contributed by atoms with Crippen LogP contribution in [0.3, 0.4) is 0 Å². The predicted molar refractivity (Wildman–Crippen MR) is 125 cm³/mol. The van der Waals surface area contributed by atoms with Crippen molar-refractivity contribution in [3.05, 3.63) is 29.8 Å². The summed E-state index contributed by atoms with van der Waals surface area (Å²) >= 11 is 0. The standard InChI is InChI=1S/C25H38BNO5/c1-17(18-8-12-20(13-9-18)26-31-23(4,5)24(6,7)32-26)27-15-14-25(19-10-11-19,30-21(27)28)16-22(2,3)29/h8-9,12-13,17,19,29H,10-11,14-16H2,1-7H3/t17?,25-/m0/s1. The quantitative estimate of drug-likeness (QED) is 0.668. The maximum absolute atomic E-state index is 13.0. The Labute approximate surface area is 192 Å². The minimum Gasteiger partial charge on any atom is -0.442 e. The van der Waals surface area contributed by atoms with Crippen LogP contribution in [0, 0.1) is 5.92 Å². The number of carbonyl (C=O) groups excluding carboxylic acids is 1. The number of ether oxygens (including phenoxy) is 1. The Balaban J connectivity index is 1.44. The Morgan fingerprint density at radius 3 is 2.16 bits per heavy atom. The third-order valence-electron chi connectivity index (χ3n) is 7.77. The molecule has 3 fully saturated rings. The third-order valence-corrected chi connectivity index (χ3v) is 7.77. The molecule has 2 aliphatic heterocycles. The normalized spacial score (nSPS) is 28.6. The molecule has 1 N–H and O–H groups in total. The molecule has 1 unspecified atom stereocenters. The van der Waals surface area contributed by atoms with Crippen LogP contribution in [0.15, 0.2) is 24.3 Å². The zero-order valence-electron chi connectivity index (χ0n) is 20.6. The lowest BCUT2D eigenvalue weighted by molar-refractivity contribution is -0.108. The van der Waals surface area contributed by atoms with E-state index in [1.54, 1.807) is 18.7 Å². The molecule has 2 saturated heterocycles. The fourth-order valence-corrected chi connectivity index (χ4v) is 5.03. The number of nitrogens with zero attached hydrogens (tertiary/aromatic N) is 1. The van der Waals surface area contributed by atoms with Crippen molar-refractivity contribution >= 4 is 18.7 Å². The van der Waals surface area contributed by atoms with E-state index in [0.717, 1.165) is 30.3 Å². The van der Waals surface area contributed by atoms with Gasteiger partial charge < -0.3 is 24.1 Å². The van der Waals surface area contributed by atoms with Gasteiger partial charge >= 0.3 is 13.2 Å². The molecule has 0 bridgehead atoms. The zero-order chi connectivity index (χ0) is 23.5. The summed E-state index contributed by atoms with van der Waals surface area (Å²) in [5.74, 6) is 0.370. The van der Waals surface area contributed by atoms with Crippen molar-refractivity contribution in [1.82, 2.24) is 4.90 Å². The molecule has 176 valence electrons. The van der Waals surface area contributed by atoms with Gasteiger partial charge in [-0.2, -0.15) is 0 Å². The summed E-state index contributed by atoms with van der Waals surface area (Å²) in [5.41, 5.74) is -0.134. The molecule has 3 aliphatic rings. The Morgan fingerprint density at radius 1 is 1.12 bits per heavy atom. The molecular formula is C25H38BNO5. The van der Waals surface area contributed by atoms with Gasteiger partial charge in [0.2, 0.25) is 0 Å². The van der Waals surface area contributed by atoms with Crippen molar-refractivity contribution in [2.45, 2.75) is 103 Å². The van der Waals surface area contributed by atoms with E-state index in [1.165, 1.54) is 0 Å². The highest BCUT2D eigenvalue weighted by Crippen LogP contribution is 2.50. The van der Waals surface area contributed by atoms with Crippen molar-refractivity contribution in [2.75, 3.05) is 6.54 Å². The van der Waals surface area contributed by atoms with Crippen molar-refractivity contribution in [2.24, 2.45) is 5.92 Å². The Kier molecular flexibility index (Phi) is 5.71. The minimum absolute atomic E-state index is 0.103. The summed E-state index contributed by atoms with van der Waals surface area (Å²) in [4.78, 5) is 14.8. The molecule has 1 aromatic rings. The second-order valence-corrected chi connectivity index (χ2v) is 11.6. The van der Waals surface area contributed by atoms with Crippen molar-refractivity contribution in [1.29, 1.82) is 0 Å². The van der Waals surface area contributed by atoms with Crippen LogP contribution in [0.1, 0.15) is 85.8 Å². The van der Waals surface area contributed by atoms with E-state index in [1.807, 2.05) is 58.9 Å². The van der Waals surface area contributed by atoms with Crippen LogP contribution in [0.5, 0.6) is 0 Å². The first-order valence-corrected chi connectivity index (χ1v) is 11.9. The molecule has 6 nitrogen and oxygen atoms in total. The van der Waals surface area contributed by atoms with Crippen LogP contribution in [-0.4, -0.2) is 52.2 Å². The first kappa shape index (κ1) is 23.6. The second kappa shape index (κ2) is 7.74. The molecule has 1 saturated carbocycles. The van der Waals surface area contributed by atoms with Crippen LogP contribution >= 0.6 is 0 Å². The Morgan fingerprint density at radius 2 is 1.69 bits per heavy atom. The van der Waals surface area contributed by atoms with Crippen molar-refractivity contribution < 1.29 is 23.9 Å². The largest absolute Gasteiger partial charge is 0.494 e. The van der Waals surface area contributed by atoms with Gasteiger partial charge in [0.15, 0.2) is 0 Å². The van der Waals surface area contributed by atoms with Crippen molar-refractivity contribution in [3.63, 3.8) is 0 Å². The molecule has 1 aliphatic carbocycles. The van der Waals surface area contributed by atoms with E-state index in [2.05, 4.69) is 0 Å². The maximum Gasteiger partial charge on any atom is 0.494 e. The van der Waals surface area contributed by atoms with E-state index in [0.29, 0.717) is 18.9 Å². The number of rotatable bonds is 6. The molecular weight excluding hydrogens is 405 g/mol. The Bertz CT molecular complexity index is 842. The van der Waals surface area contributed by atoms with Gasteiger partial charge in [0.1, 0.15) is 5.60 Å². The molecule has 0 radical (unpaired) electrons. The van der Waals surface area contributed by atoms with E-state index >= 15 is 0 Å². The number of benzene rings is 1. The summed E-state index contributed by atoms with van der Waals surface area (Å²) in [5, 5.41) is 10.4. The molecule has 0 spiro atoms. The van der Waals surface area contributed by atoms with Crippen LogP contribution in [0.4, 0.5) is 4.79 Å². The first-order chi connectivity index (χ1) is 14.7. The molecule has 1 aromatic carbocycles. The predicted octanol–water partition coefficient (Wildman–Crippen LogP) is 4.20. The lowest BCUT2D eigenvalue weighted by Gasteiger charge is -2.45. The number of aliphatic hydroxyl groups is 1. The summed E-state index contributed by atoms with van der Waals surface area (Å²) in [7, 11) is -0.398. The van der Waals surface area contributed by atoms with Crippen molar-refractivity contribution in [3.8, 4) is 0 Å². The smallest absolute Gasteiger partial charge is 0.442 e. The summed E-state index contributed by atoms with van der Waals surface area (Å²) < 4.78 is 18.4. The number of hydrogen-bond acceptors (Lipinski definition) is 5. The monoisotopic (exact) mass is 443 g/mol. The highest BCUT2D eigenvalue weighted by molar-refractivity contribution is 6.62. The van der Waals surface area contributed by atoms with E-state index in [-0.39, 0.29) is 23.3 Å². The number of cyclic esters (lactones) is 1. The van der Waals surface area contributed by atoms with Crippen LogP contribution in [0.2, 0.25) is 0 Å². The molecule has 1 amide bonds. The fourth-order valence-electron chi connectivity index (χ4n) is 5.03. The lowest BCUT2D eigenvalue weighted by Crippen LogP contribution is -2.54. The van der Waals surface area contributed by atoms with Crippen LogP contribution < -0.4 is 5.46 Å². The maximum atomic E-state index is 13.0. The van der Waals surface area contributed by atoms with Gasteiger partial charge in [-0.3, -0.25) is 0 Å². The molecule has 32 heavy (non-hydrogen) atoms. The average Bonchev–Trinajstić information content (AvgIpc) is 3.48. The number of carbonyl (C=O) groups is 1. The van der Waals surface area contributed by atoms with Gasteiger partial charge in [0.05, 0.1) is 22.8 Å². The van der Waals surface area contributed by atoms with Crippen LogP contribution in [0.25, 0.3) is 0 Å². The van der Waals surface area contributed by atoms with Gasteiger partial charge in [-0.05, 0) is 78.3 Å². The molecule has 0 aromatic heterocycles. The van der Waals surface area contributed by atoms with Gasteiger partial charge in [0, 0.05) is 19.4 Å². The van der Waals surface area contributed by atoms with Gasteiger partial charge in [-0.1, -0.05) is 24.3 Å². The summed E-state index contributed by atoms with van der Waals surface area (Å²) in [6.07, 6.45) is 3.10. The number of amides is 1. The lowest BCUT2D eigenvalue weighted by atomic mass is 9.78. The molecule has 7 heteroatoms.